The van der Waals surface area contributed by atoms with Crippen LogP contribution in [0.15, 0.2) is 53.5 Å². The number of nitrogens with one attached hydrogen (secondary N) is 2. The summed E-state index contributed by atoms with van der Waals surface area (Å²) in [6.07, 6.45) is -2.85. The Balaban J connectivity index is 1.65. The number of halogens is 3. The van der Waals surface area contributed by atoms with Crippen molar-refractivity contribution in [2.24, 2.45) is 7.05 Å². The summed E-state index contributed by atoms with van der Waals surface area (Å²) in [7, 11) is 3.25. The standard InChI is InChI=1S/C27H29F3N4O3/c1-17-4-7-21(32-25(35)18-5-6-19(15-31-2)23(12-18)27(28,29)30)14-22(17)20-13-24(26(36)33(3)16-20)34-8-10-37-11-9-34/h4-7,12-14,16,31H,8-11,15H2,1-3H3,(H,32,35). The first-order valence-electron chi connectivity index (χ1n) is 11.9. The van der Waals surface area contributed by atoms with Crippen molar-refractivity contribution >= 4 is 17.3 Å². The molecular formula is C27H29F3N4O3. The number of hydrogen-bond acceptors (Lipinski definition) is 5. The maximum atomic E-state index is 13.6. The quantitative estimate of drug-likeness (QED) is 0.516. The molecule has 0 spiro atoms. The lowest BCUT2D eigenvalue weighted by Gasteiger charge is -2.29. The molecule has 1 aliphatic heterocycles. The minimum Gasteiger partial charge on any atom is -0.378 e. The van der Waals surface area contributed by atoms with Crippen LogP contribution in [0.3, 0.4) is 0 Å². The van der Waals surface area contributed by atoms with E-state index in [1.165, 1.54) is 16.7 Å². The Morgan fingerprint density at radius 1 is 1.08 bits per heavy atom. The molecule has 1 aliphatic rings. The average Bonchev–Trinajstić information content (AvgIpc) is 2.87. The van der Waals surface area contributed by atoms with Gasteiger partial charge in [0.25, 0.3) is 11.5 Å². The predicted octanol–water partition coefficient (Wildman–Crippen LogP) is 4.19. The number of pyridine rings is 1. The van der Waals surface area contributed by atoms with Crippen LogP contribution in [0.5, 0.6) is 0 Å². The van der Waals surface area contributed by atoms with E-state index in [0.717, 1.165) is 22.8 Å². The summed E-state index contributed by atoms with van der Waals surface area (Å²) in [5.74, 6) is -0.647. The minimum absolute atomic E-state index is 0.0318. The van der Waals surface area contributed by atoms with Crippen LogP contribution in [0.2, 0.25) is 0 Å². The molecule has 2 aromatic carbocycles. The van der Waals surface area contributed by atoms with Gasteiger partial charge in [0.1, 0.15) is 5.69 Å². The average molecular weight is 515 g/mol. The van der Waals surface area contributed by atoms with Crippen molar-refractivity contribution in [2.45, 2.75) is 19.6 Å². The number of rotatable bonds is 6. The van der Waals surface area contributed by atoms with Crippen molar-refractivity contribution in [3.8, 4) is 11.1 Å². The number of nitrogens with zero attached hydrogens (tertiary/aromatic N) is 2. The van der Waals surface area contributed by atoms with Crippen LogP contribution in [0.25, 0.3) is 11.1 Å². The zero-order valence-electron chi connectivity index (χ0n) is 20.9. The lowest BCUT2D eigenvalue weighted by atomic mass is 10.00. The molecule has 0 bridgehead atoms. The molecule has 0 radical (unpaired) electrons. The van der Waals surface area contributed by atoms with Crippen LogP contribution in [0.1, 0.15) is 27.0 Å². The molecule has 0 saturated carbocycles. The number of amides is 1. The van der Waals surface area contributed by atoms with Crippen LogP contribution in [-0.4, -0.2) is 43.8 Å². The fourth-order valence-corrected chi connectivity index (χ4v) is 4.41. The third-order valence-electron chi connectivity index (χ3n) is 6.37. The van der Waals surface area contributed by atoms with Gasteiger partial charge < -0.3 is 24.8 Å². The maximum Gasteiger partial charge on any atom is 0.416 e. The van der Waals surface area contributed by atoms with Crippen LogP contribution >= 0.6 is 0 Å². The molecule has 1 fully saturated rings. The van der Waals surface area contributed by atoms with Crippen molar-refractivity contribution in [2.75, 3.05) is 43.6 Å². The molecule has 3 aromatic rings. The summed E-state index contributed by atoms with van der Waals surface area (Å²) in [6.45, 7) is 4.25. The van der Waals surface area contributed by atoms with Crippen molar-refractivity contribution in [1.82, 2.24) is 9.88 Å². The summed E-state index contributed by atoms with van der Waals surface area (Å²) in [6, 6.07) is 10.7. The molecule has 0 unspecified atom stereocenters. The van der Waals surface area contributed by atoms with Crippen molar-refractivity contribution in [3.63, 3.8) is 0 Å². The maximum absolute atomic E-state index is 13.6. The second-order valence-electron chi connectivity index (χ2n) is 9.01. The molecule has 10 heteroatoms. The highest BCUT2D eigenvalue weighted by molar-refractivity contribution is 6.04. The first-order chi connectivity index (χ1) is 17.6. The monoisotopic (exact) mass is 514 g/mol. The number of anilines is 2. The first-order valence-corrected chi connectivity index (χ1v) is 11.9. The van der Waals surface area contributed by atoms with E-state index >= 15 is 0 Å². The second kappa shape index (κ2) is 10.8. The lowest BCUT2D eigenvalue weighted by Crippen LogP contribution is -2.40. The van der Waals surface area contributed by atoms with E-state index in [4.69, 9.17) is 4.74 Å². The Bertz CT molecular complexity index is 1360. The van der Waals surface area contributed by atoms with Crippen molar-refractivity contribution in [1.29, 1.82) is 0 Å². The fraction of sp³-hybridized carbons (Fsp3) is 0.333. The summed E-state index contributed by atoms with van der Waals surface area (Å²) in [5, 5.41) is 5.43. The van der Waals surface area contributed by atoms with E-state index in [9.17, 15) is 22.8 Å². The molecule has 4 rings (SSSR count). The molecular weight excluding hydrogens is 485 g/mol. The number of aryl methyl sites for hydroxylation is 2. The van der Waals surface area contributed by atoms with Gasteiger partial charge in [-0.15, -0.1) is 0 Å². The van der Waals surface area contributed by atoms with Crippen LogP contribution < -0.4 is 21.1 Å². The van der Waals surface area contributed by atoms with Gasteiger partial charge in [0, 0.05) is 49.7 Å². The lowest BCUT2D eigenvalue weighted by molar-refractivity contribution is -0.138. The van der Waals surface area contributed by atoms with Crippen LogP contribution in [-0.2, 0) is 24.5 Å². The summed E-state index contributed by atoms with van der Waals surface area (Å²) < 4.78 is 47.6. The van der Waals surface area contributed by atoms with Gasteiger partial charge in [-0.1, -0.05) is 12.1 Å². The van der Waals surface area contributed by atoms with Gasteiger partial charge in [-0.05, 0) is 61.0 Å². The van der Waals surface area contributed by atoms with E-state index in [1.54, 1.807) is 32.4 Å². The molecule has 196 valence electrons. The molecule has 0 aliphatic carbocycles. The van der Waals surface area contributed by atoms with E-state index in [2.05, 4.69) is 10.6 Å². The van der Waals surface area contributed by atoms with Gasteiger partial charge in [-0.2, -0.15) is 13.2 Å². The van der Waals surface area contributed by atoms with Crippen LogP contribution in [0.4, 0.5) is 24.5 Å². The van der Waals surface area contributed by atoms with E-state index in [0.29, 0.717) is 37.7 Å². The Morgan fingerprint density at radius 3 is 2.49 bits per heavy atom. The van der Waals surface area contributed by atoms with Crippen LogP contribution in [0, 0.1) is 6.92 Å². The smallest absolute Gasteiger partial charge is 0.378 e. The Labute approximate surface area is 212 Å². The molecule has 2 N–H and O–H groups in total. The van der Waals surface area contributed by atoms with Gasteiger partial charge in [-0.3, -0.25) is 9.59 Å². The molecule has 1 saturated heterocycles. The molecule has 0 atom stereocenters. The van der Waals surface area contributed by atoms with Gasteiger partial charge in [-0.25, -0.2) is 0 Å². The molecule has 1 amide bonds. The Hall–Kier alpha value is -3.63. The van der Waals surface area contributed by atoms with Gasteiger partial charge in [0.2, 0.25) is 0 Å². The molecule has 37 heavy (non-hydrogen) atoms. The highest BCUT2D eigenvalue weighted by Gasteiger charge is 2.34. The zero-order valence-corrected chi connectivity index (χ0v) is 20.9. The number of morpholine rings is 1. The third-order valence-corrected chi connectivity index (χ3v) is 6.37. The summed E-state index contributed by atoms with van der Waals surface area (Å²) in [4.78, 5) is 27.7. The summed E-state index contributed by atoms with van der Waals surface area (Å²) >= 11 is 0. The third kappa shape index (κ3) is 5.86. The fourth-order valence-electron chi connectivity index (χ4n) is 4.41. The minimum atomic E-state index is -4.58. The predicted molar refractivity (Wildman–Crippen MR) is 137 cm³/mol. The van der Waals surface area contributed by atoms with E-state index < -0.39 is 17.6 Å². The first kappa shape index (κ1) is 26.4. The van der Waals surface area contributed by atoms with Gasteiger partial charge >= 0.3 is 6.18 Å². The SMILES string of the molecule is CNCc1ccc(C(=O)Nc2ccc(C)c(-c3cc(N4CCOCC4)c(=O)n(C)c3)c2)cc1C(F)(F)F. The number of carbonyl (C=O) groups is 1. The van der Waals surface area contributed by atoms with Crippen molar-refractivity contribution < 1.29 is 22.7 Å². The number of ether oxygens (including phenoxy) is 1. The number of aromatic nitrogens is 1. The Kier molecular flexibility index (Phi) is 7.70. The number of carbonyl (C=O) groups excluding carboxylic acids is 1. The van der Waals surface area contributed by atoms with Gasteiger partial charge in [0.15, 0.2) is 0 Å². The number of benzene rings is 2. The molecule has 1 aromatic heterocycles. The topological polar surface area (TPSA) is 75.6 Å². The Morgan fingerprint density at radius 2 is 1.81 bits per heavy atom. The number of hydrogen-bond donors (Lipinski definition) is 2. The van der Waals surface area contributed by atoms with E-state index in [-0.39, 0.29) is 23.2 Å². The normalized spacial score (nSPS) is 14.1. The zero-order chi connectivity index (χ0) is 26.7. The van der Waals surface area contributed by atoms with Crippen molar-refractivity contribution in [3.05, 3.63) is 81.3 Å². The highest BCUT2D eigenvalue weighted by Crippen LogP contribution is 2.33. The van der Waals surface area contributed by atoms with Gasteiger partial charge in [0.05, 0.1) is 18.8 Å². The second-order valence-corrected chi connectivity index (χ2v) is 9.01. The molecule has 7 nitrogen and oxygen atoms in total. The largest absolute Gasteiger partial charge is 0.416 e. The van der Waals surface area contributed by atoms with E-state index in [1.807, 2.05) is 24.0 Å². The molecule has 2 heterocycles. The summed E-state index contributed by atoms with van der Waals surface area (Å²) in [5.41, 5.74) is 2.51. The number of alkyl halides is 3. The highest BCUT2D eigenvalue weighted by atomic mass is 19.4.